The first-order valence-corrected chi connectivity index (χ1v) is 17.8. The van der Waals surface area contributed by atoms with Crippen molar-refractivity contribution in [1.82, 2.24) is 4.57 Å². The molecule has 1 spiro atoms. The maximum Gasteiger partial charge on any atom is 0.132 e. The molecule has 0 saturated heterocycles. The minimum absolute atomic E-state index is 0.765. The van der Waals surface area contributed by atoms with E-state index >= 15 is 0 Å². The van der Waals surface area contributed by atoms with Crippen molar-refractivity contribution in [2.75, 3.05) is 0 Å². The average Bonchev–Trinajstić information content (AvgIpc) is 3.54. The van der Waals surface area contributed by atoms with Crippen LogP contribution in [0.2, 0.25) is 0 Å². The molecule has 0 N–H and O–H groups in total. The van der Waals surface area contributed by atoms with E-state index in [0.29, 0.717) is 0 Å². The Bertz CT molecular complexity index is 2810. The summed E-state index contributed by atoms with van der Waals surface area (Å²) in [6, 6.07) is 67.0. The van der Waals surface area contributed by atoms with Crippen molar-refractivity contribution >= 4 is 21.8 Å². The number of rotatable bonds is 3. The highest BCUT2D eigenvalue weighted by molar-refractivity contribution is 6.10. The second-order valence-electron chi connectivity index (χ2n) is 13.6. The Morgan fingerprint density at radius 1 is 0.365 bits per heavy atom. The van der Waals surface area contributed by atoms with E-state index in [1.807, 2.05) is 0 Å². The van der Waals surface area contributed by atoms with E-state index in [-0.39, 0.29) is 0 Å². The molecule has 52 heavy (non-hydrogen) atoms. The normalized spacial score (nSPS) is 15.3. The van der Waals surface area contributed by atoms with Gasteiger partial charge in [0.05, 0.1) is 16.4 Å². The lowest BCUT2D eigenvalue weighted by Gasteiger charge is -2.46. The molecule has 1 aromatic heterocycles. The largest absolute Gasteiger partial charge is 0.457 e. The number of hydrogen-bond acceptors (Lipinski definition) is 2. The van der Waals surface area contributed by atoms with Gasteiger partial charge in [-0.05, 0) is 70.8 Å². The van der Waals surface area contributed by atoms with E-state index in [9.17, 15) is 0 Å². The second kappa shape index (κ2) is 11.1. The summed E-state index contributed by atoms with van der Waals surface area (Å²) in [4.78, 5) is 0. The highest BCUT2D eigenvalue weighted by Gasteiger charge is 2.52. The standard InChI is InChI=1S/C49H31NO2/c1-3-15-32(16-4-1)35-20-13-27-45-47(35)49(39-22-8-11-25-43(39)51-45)40-23-9-12-26-44(40)52-46-28-14-21-36(48(46)49)33-29-30-38-37-19-7-10-24-41(37)50(42(38)31-33)34-17-5-2-6-18-34/h1-31H. The van der Waals surface area contributed by atoms with Crippen LogP contribution in [0.5, 0.6) is 23.0 Å². The van der Waals surface area contributed by atoms with E-state index in [2.05, 4.69) is 193 Å². The Balaban J connectivity index is 1.28. The van der Waals surface area contributed by atoms with Crippen LogP contribution in [0.3, 0.4) is 0 Å². The van der Waals surface area contributed by atoms with Crippen LogP contribution in [0.4, 0.5) is 0 Å². The van der Waals surface area contributed by atoms with Gasteiger partial charge in [0, 0.05) is 38.7 Å². The molecular formula is C49H31NO2. The summed E-state index contributed by atoms with van der Waals surface area (Å²) < 4.78 is 16.2. The molecular weight excluding hydrogens is 635 g/mol. The van der Waals surface area contributed by atoms with Crippen LogP contribution < -0.4 is 9.47 Å². The third-order valence-corrected chi connectivity index (χ3v) is 10.9. The maximum absolute atomic E-state index is 6.93. The zero-order chi connectivity index (χ0) is 34.2. The van der Waals surface area contributed by atoms with Crippen LogP contribution >= 0.6 is 0 Å². The highest BCUT2D eigenvalue weighted by Crippen LogP contribution is 2.64. The zero-order valence-corrected chi connectivity index (χ0v) is 28.2. The first kappa shape index (κ1) is 28.9. The lowest BCUT2D eigenvalue weighted by atomic mass is 9.59. The molecule has 2 aliphatic rings. The molecule has 1 atom stereocenters. The smallest absolute Gasteiger partial charge is 0.132 e. The Kier molecular flexibility index (Phi) is 6.17. The van der Waals surface area contributed by atoms with Gasteiger partial charge in [0.15, 0.2) is 0 Å². The van der Waals surface area contributed by atoms with E-state index in [1.54, 1.807) is 0 Å². The van der Waals surface area contributed by atoms with E-state index in [0.717, 1.165) is 78.7 Å². The summed E-state index contributed by atoms with van der Waals surface area (Å²) >= 11 is 0. The topological polar surface area (TPSA) is 23.4 Å². The van der Waals surface area contributed by atoms with Gasteiger partial charge < -0.3 is 14.0 Å². The van der Waals surface area contributed by atoms with Crippen molar-refractivity contribution < 1.29 is 9.47 Å². The molecule has 3 nitrogen and oxygen atoms in total. The minimum Gasteiger partial charge on any atom is -0.457 e. The first-order valence-electron chi connectivity index (χ1n) is 17.8. The molecule has 0 bridgehead atoms. The third kappa shape index (κ3) is 3.96. The van der Waals surface area contributed by atoms with Gasteiger partial charge in [-0.3, -0.25) is 0 Å². The molecule has 3 heterocycles. The second-order valence-corrected chi connectivity index (χ2v) is 13.6. The fourth-order valence-electron chi connectivity index (χ4n) is 8.87. The molecule has 0 radical (unpaired) electrons. The summed E-state index contributed by atoms with van der Waals surface area (Å²) in [5.41, 5.74) is 11.6. The highest BCUT2D eigenvalue weighted by atomic mass is 16.5. The van der Waals surface area contributed by atoms with E-state index < -0.39 is 5.41 Å². The Hall–Kier alpha value is -6.84. The minimum atomic E-state index is -0.765. The molecule has 2 aliphatic heterocycles. The van der Waals surface area contributed by atoms with Gasteiger partial charge in [0.1, 0.15) is 23.0 Å². The summed E-state index contributed by atoms with van der Waals surface area (Å²) in [5.74, 6) is 3.37. The molecule has 11 rings (SSSR count). The fraction of sp³-hybridized carbons (Fsp3) is 0.0204. The van der Waals surface area contributed by atoms with E-state index in [4.69, 9.17) is 9.47 Å². The van der Waals surface area contributed by atoms with Crippen LogP contribution in [0.1, 0.15) is 22.3 Å². The van der Waals surface area contributed by atoms with Crippen molar-refractivity contribution in [2.24, 2.45) is 0 Å². The predicted octanol–water partition coefficient (Wildman–Crippen LogP) is 12.7. The van der Waals surface area contributed by atoms with Crippen LogP contribution in [-0.4, -0.2) is 4.57 Å². The predicted molar refractivity (Wildman–Crippen MR) is 210 cm³/mol. The molecule has 8 aromatic carbocycles. The van der Waals surface area contributed by atoms with Crippen LogP contribution in [-0.2, 0) is 5.41 Å². The maximum atomic E-state index is 6.93. The fourth-order valence-corrected chi connectivity index (χ4v) is 8.87. The number of aromatic nitrogens is 1. The molecule has 244 valence electrons. The monoisotopic (exact) mass is 665 g/mol. The summed E-state index contributed by atoms with van der Waals surface area (Å²) in [7, 11) is 0. The van der Waals surface area contributed by atoms with Crippen molar-refractivity contribution in [3.8, 4) is 50.9 Å². The Morgan fingerprint density at radius 2 is 0.885 bits per heavy atom. The molecule has 0 fully saturated rings. The summed E-state index contributed by atoms with van der Waals surface area (Å²) in [6.45, 7) is 0. The van der Waals surface area contributed by atoms with Gasteiger partial charge in [0.25, 0.3) is 0 Å². The van der Waals surface area contributed by atoms with Gasteiger partial charge >= 0.3 is 0 Å². The van der Waals surface area contributed by atoms with Crippen molar-refractivity contribution in [2.45, 2.75) is 5.41 Å². The molecule has 0 amide bonds. The number of nitrogens with zero attached hydrogens (tertiary/aromatic N) is 1. The lowest BCUT2D eigenvalue weighted by Crippen LogP contribution is -2.38. The van der Waals surface area contributed by atoms with Gasteiger partial charge in [-0.1, -0.05) is 140 Å². The Morgan fingerprint density at radius 3 is 1.56 bits per heavy atom. The molecule has 0 saturated carbocycles. The van der Waals surface area contributed by atoms with Crippen molar-refractivity contribution in [3.63, 3.8) is 0 Å². The van der Waals surface area contributed by atoms with Crippen molar-refractivity contribution in [3.05, 3.63) is 210 Å². The van der Waals surface area contributed by atoms with Crippen LogP contribution in [0.25, 0.3) is 49.7 Å². The number of fused-ring (bicyclic) bond motifs is 11. The van der Waals surface area contributed by atoms with Gasteiger partial charge in [-0.25, -0.2) is 0 Å². The molecule has 1 unspecified atom stereocenters. The van der Waals surface area contributed by atoms with Gasteiger partial charge in [0.2, 0.25) is 0 Å². The van der Waals surface area contributed by atoms with Crippen molar-refractivity contribution in [1.29, 1.82) is 0 Å². The van der Waals surface area contributed by atoms with Crippen LogP contribution in [0, 0.1) is 0 Å². The molecule has 3 heteroatoms. The third-order valence-electron chi connectivity index (χ3n) is 10.9. The summed E-state index contributed by atoms with van der Waals surface area (Å²) in [6.07, 6.45) is 0. The summed E-state index contributed by atoms with van der Waals surface area (Å²) in [5, 5.41) is 2.45. The zero-order valence-electron chi connectivity index (χ0n) is 28.2. The number of para-hydroxylation sites is 4. The van der Waals surface area contributed by atoms with Gasteiger partial charge in [-0.2, -0.15) is 0 Å². The number of hydrogen-bond donors (Lipinski definition) is 0. The Labute approximate surface area is 301 Å². The van der Waals surface area contributed by atoms with E-state index in [1.165, 1.54) is 16.3 Å². The van der Waals surface area contributed by atoms with Crippen LogP contribution in [0.15, 0.2) is 188 Å². The average molecular weight is 666 g/mol. The molecule has 9 aromatic rings. The van der Waals surface area contributed by atoms with Gasteiger partial charge in [-0.15, -0.1) is 0 Å². The quantitative estimate of drug-likeness (QED) is 0.187. The first-order chi connectivity index (χ1) is 25.8. The lowest BCUT2D eigenvalue weighted by molar-refractivity contribution is 0.400. The number of benzene rings is 8. The SMILES string of the molecule is c1ccc(-c2cccc3c2C2(c4ccccc4O3)c3ccccc3Oc3cccc(-c4ccc5c6ccccc6n(-c6ccccc6)c5c4)c32)cc1. The molecule has 0 aliphatic carbocycles. The number of ether oxygens (including phenoxy) is 2.